The highest BCUT2D eigenvalue weighted by atomic mass is 32.2. The van der Waals surface area contributed by atoms with Crippen LogP contribution in [0.2, 0.25) is 0 Å². The second-order valence-corrected chi connectivity index (χ2v) is 6.34. The highest BCUT2D eigenvalue weighted by Crippen LogP contribution is 2.51. The predicted octanol–water partition coefficient (Wildman–Crippen LogP) is 4.08. The molecule has 0 bridgehead atoms. The van der Waals surface area contributed by atoms with E-state index in [1.54, 1.807) is 16.7 Å². The van der Waals surface area contributed by atoms with Crippen LogP contribution in [0.15, 0.2) is 52.3 Å². The van der Waals surface area contributed by atoms with Crippen molar-refractivity contribution in [1.82, 2.24) is 5.32 Å². The SMILES string of the molecule is CCNC(=O)N1c2ccccc2Sc2cccc(N(C)C)c21. The zero-order valence-electron chi connectivity index (χ0n) is 13.0. The van der Waals surface area contributed by atoms with E-state index in [4.69, 9.17) is 0 Å². The lowest BCUT2D eigenvalue weighted by molar-refractivity contribution is 0.249. The molecule has 0 spiro atoms. The first-order valence-electron chi connectivity index (χ1n) is 7.28. The Morgan fingerprint density at radius 1 is 1.14 bits per heavy atom. The molecule has 22 heavy (non-hydrogen) atoms. The Bertz CT molecular complexity index is 715. The normalized spacial score (nSPS) is 12.4. The van der Waals surface area contributed by atoms with Crippen molar-refractivity contribution in [3.05, 3.63) is 42.5 Å². The average Bonchev–Trinajstić information content (AvgIpc) is 2.51. The van der Waals surface area contributed by atoms with Crippen LogP contribution >= 0.6 is 11.8 Å². The number of nitrogens with one attached hydrogen (secondary N) is 1. The zero-order valence-corrected chi connectivity index (χ0v) is 13.8. The van der Waals surface area contributed by atoms with Crippen LogP contribution in [0.1, 0.15) is 6.92 Å². The van der Waals surface area contributed by atoms with E-state index in [2.05, 4.69) is 17.4 Å². The van der Waals surface area contributed by atoms with Crippen molar-refractivity contribution in [2.24, 2.45) is 0 Å². The summed E-state index contributed by atoms with van der Waals surface area (Å²) in [7, 11) is 3.99. The number of benzene rings is 2. The third kappa shape index (κ3) is 2.41. The lowest BCUT2D eigenvalue weighted by atomic mass is 10.2. The molecule has 0 aliphatic carbocycles. The molecule has 0 saturated heterocycles. The third-order valence-electron chi connectivity index (χ3n) is 3.54. The Morgan fingerprint density at radius 3 is 2.59 bits per heavy atom. The summed E-state index contributed by atoms with van der Waals surface area (Å²) in [4.78, 5) is 18.7. The van der Waals surface area contributed by atoms with Crippen molar-refractivity contribution < 1.29 is 4.79 Å². The molecule has 1 aliphatic rings. The number of anilines is 3. The molecular weight excluding hydrogens is 294 g/mol. The summed E-state index contributed by atoms with van der Waals surface area (Å²) in [5.74, 6) is 0. The van der Waals surface area contributed by atoms with E-state index in [9.17, 15) is 4.79 Å². The number of hydrogen-bond acceptors (Lipinski definition) is 3. The molecule has 2 aromatic carbocycles. The number of nitrogens with zero attached hydrogens (tertiary/aromatic N) is 2. The van der Waals surface area contributed by atoms with Crippen LogP contribution < -0.4 is 15.1 Å². The van der Waals surface area contributed by atoms with Crippen LogP contribution in [0.4, 0.5) is 21.9 Å². The van der Waals surface area contributed by atoms with Crippen molar-refractivity contribution in [2.75, 3.05) is 30.4 Å². The Morgan fingerprint density at radius 2 is 1.86 bits per heavy atom. The number of amides is 2. The molecule has 0 radical (unpaired) electrons. The summed E-state index contributed by atoms with van der Waals surface area (Å²) in [5.41, 5.74) is 2.91. The summed E-state index contributed by atoms with van der Waals surface area (Å²) in [6.07, 6.45) is 0. The summed E-state index contributed by atoms with van der Waals surface area (Å²) in [6, 6.07) is 14.1. The maximum Gasteiger partial charge on any atom is 0.326 e. The van der Waals surface area contributed by atoms with Crippen molar-refractivity contribution in [2.45, 2.75) is 16.7 Å². The smallest absolute Gasteiger partial charge is 0.326 e. The molecular formula is C17H19N3OS. The highest BCUT2D eigenvalue weighted by molar-refractivity contribution is 7.99. The average molecular weight is 313 g/mol. The Hall–Kier alpha value is -2.14. The molecule has 2 aromatic rings. The van der Waals surface area contributed by atoms with Gasteiger partial charge in [-0.25, -0.2) is 4.79 Å². The fourth-order valence-electron chi connectivity index (χ4n) is 2.59. The lowest BCUT2D eigenvalue weighted by Crippen LogP contribution is -2.38. The lowest BCUT2D eigenvalue weighted by Gasteiger charge is -2.34. The van der Waals surface area contributed by atoms with Gasteiger partial charge in [-0.3, -0.25) is 4.90 Å². The second-order valence-electron chi connectivity index (χ2n) is 5.26. The van der Waals surface area contributed by atoms with E-state index in [1.165, 1.54) is 0 Å². The van der Waals surface area contributed by atoms with E-state index in [1.807, 2.05) is 56.3 Å². The number of carbonyl (C=O) groups excluding carboxylic acids is 1. The first kappa shape index (κ1) is 14.8. The van der Waals surface area contributed by atoms with Crippen LogP contribution in [0.25, 0.3) is 0 Å². The van der Waals surface area contributed by atoms with Gasteiger partial charge in [-0.15, -0.1) is 0 Å². The van der Waals surface area contributed by atoms with E-state index >= 15 is 0 Å². The van der Waals surface area contributed by atoms with Crippen molar-refractivity contribution in [1.29, 1.82) is 0 Å². The fourth-order valence-corrected chi connectivity index (χ4v) is 3.67. The van der Waals surface area contributed by atoms with Gasteiger partial charge in [0.25, 0.3) is 0 Å². The van der Waals surface area contributed by atoms with Crippen LogP contribution in [0, 0.1) is 0 Å². The molecule has 0 aromatic heterocycles. The predicted molar refractivity (Wildman–Crippen MR) is 92.5 cm³/mol. The summed E-state index contributed by atoms with van der Waals surface area (Å²) >= 11 is 1.70. The fraction of sp³-hybridized carbons (Fsp3) is 0.235. The number of para-hydroxylation sites is 2. The molecule has 2 amide bonds. The largest absolute Gasteiger partial charge is 0.376 e. The van der Waals surface area contributed by atoms with Crippen LogP contribution in [-0.2, 0) is 0 Å². The van der Waals surface area contributed by atoms with Gasteiger partial charge in [-0.05, 0) is 31.2 Å². The molecule has 0 saturated carbocycles. The topological polar surface area (TPSA) is 35.6 Å². The molecule has 114 valence electrons. The minimum atomic E-state index is -0.0919. The Labute approximate surface area is 135 Å². The first-order chi connectivity index (χ1) is 10.6. The molecule has 0 fully saturated rings. The summed E-state index contributed by atoms with van der Waals surface area (Å²) < 4.78 is 0. The molecule has 0 unspecified atom stereocenters. The first-order valence-corrected chi connectivity index (χ1v) is 8.10. The van der Waals surface area contributed by atoms with Gasteiger partial charge < -0.3 is 10.2 Å². The number of hydrogen-bond donors (Lipinski definition) is 1. The Balaban J connectivity index is 2.21. The maximum absolute atomic E-state index is 12.7. The molecule has 0 atom stereocenters. The minimum Gasteiger partial charge on any atom is -0.376 e. The van der Waals surface area contributed by atoms with Gasteiger partial charge in [-0.1, -0.05) is 30.0 Å². The zero-order chi connectivity index (χ0) is 15.7. The van der Waals surface area contributed by atoms with E-state index in [-0.39, 0.29) is 6.03 Å². The summed E-state index contributed by atoms with van der Waals surface area (Å²) in [6.45, 7) is 2.53. The van der Waals surface area contributed by atoms with Crippen molar-refractivity contribution in [3.63, 3.8) is 0 Å². The second kappa shape index (κ2) is 5.93. The number of urea groups is 1. The van der Waals surface area contributed by atoms with Crippen LogP contribution in [0.3, 0.4) is 0 Å². The van der Waals surface area contributed by atoms with Crippen LogP contribution in [-0.4, -0.2) is 26.7 Å². The molecule has 3 rings (SSSR count). The Kier molecular flexibility index (Phi) is 3.98. The molecule has 1 N–H and O–H groups in total. The molecule has 1 heterocycles. The number of carbonyl (C=O) groups is 1. The van der Waals surface area contributed by atoms with E-state index in [0.29, 0.717) is 6.54 Å². The van der Waals surface area contributed by atoms with E-state index in [0.717, 1.165) is 26.9 Å². The van der Waals surface area contributed by atoms with Gasteiger partial charge >= 0.3 is 6.03 Å². The summed E-state index contributed by atoms with van der Waals surface area (Å²) in [5, 5.41) is 2.92. The van der Waals surface area contributed by atoms with Gasteiger partial charge in [0, 0.05) is 30.4 Å². The van der Waals surface area contributed by atoms with E-state index < -0.39 is 0 Å². The quantitative estimate of drug-likeness (QED) is 0.907. The van der Waals surface area contributed by atoms with Gasteiger partial charge in [0.1, 0.15) is 0 Å². The maximum atomic E-state index is 12.7. The molecule has 4 nitrogen and oxygen atoms in total. The number of fused-ring (bicyclic) bond motifs is 2. The third-order valence-corrected chi connectivity index (χ3v) is 4.65. The van der Waals surface area contributed by atoms with Crippen molar-refractivity contribution in [3.8, 4) is 0 Å². The highest BCUT2D eigenvalue weighted by Gasteiger charge is 2.30. The standard InChI is InChI=1S/C17H19N3OS/c1-4-18-17(21)20-12-8-5-6-10-14(12)22-15-11-7-9-13(16(15)20)19(2)3/h5-11H,4H2,1-3H3,(H,18,21). The van der Waals surface area contributed by atoms with Gasteiger partial charge in [0.2, 0.25) is 0 Å². The number of rotatable bonds is 2. The monoisotopic (exact) mass is 313 g/mol. The van der Waals surface area contributed by atoms with Gasteiger partial charge in [0.15, 0.2) is 0 Å². The molecule has 1 aliphatic heterocycles. The van der Waals surface area contributed by atoms with Gasteiger partial charge in [0.05, 0.1) is 17.1 Å². The van der Waals surface area contributed by atoms with Gasteiger partial charge in [-0.2, -0.15) is 0 Å². The van der Waals surface area contributed by atoms with Crippen molar-refractivity contribution >= 4 is 34.9 Å². The van der Waals surface area contributed by atoms with Crippen LogP contribution in [0.5, 0.6) is 0 Å². The molecule has 5 heteroatoms. The minimum absolute atomic E-state index is 0.0919.